The van der Waals surface area contributed by atoms with Crippen molar-refractivity contribution in [1.82, 2.24) is 5.32 Å². The molecule has 0 aliphatic carbocycles. The molecule has 2 nitrogen and oxygen atoms in total. The highest BCUT2D eigenvalue weighted by molar-refractivity contribution is 9.10. The zero-order chi connectivity index (χ0) is 11.4. The molecule has 5 heteroatoms. The molecule has 3 N–H and O–H groups in total. The van der Waals surface area contributed by atoms with Crippen LogP contribution >= 0.6 is 38.6 Å². The van der Waals surface area contributed by atoms with E-state index in [1.165, 1.54) is 9.75 Å². The molecule has 2 aromatic rings. The Hall–Kier alpha value is -0.200. The van der Waals surface area contributed by atoms with Gasteiger partial charge in [-0.25, -0.2) is 0 Å². The van der Waals surface area contributed by atoms with Crippen molar-refractivity contribution in [3.8, 4) is 0 Å². The first kappa shape index (κ1) is 12.3. The van der Waals surface area contributed by atoms with Crippen LogP contribution in [0, 0.1) is 0 Å². The number of thiophene rings is 2. The smallest absolute Gasteiger partial charge is 0.0516 e. The van der Waals surface area contributed by atoms with Crippen LogP contribution in [-0.4, -0.2) is 6.54 Å². The van der Waals surface area contributed by atoms with Crippen LogP contribution in [0.25, 0.3) is 0 Å². The normalized spacial score (nSPS) is 12.9. The average molecular weight is 317 g/mol. The second-order valence-corrected chi connectivity index (χ2v) is 6.37. The predicted molar refractivity (Wildman–Crippen MR) is 75.0 cm³/mol. The van der Waals surface area contributed by atoms with E-state index >= 15 is 0 Å². The van der Waals surface area contributed by atoms with Crippen molar-refractivity contribution in [3.63, 3.8) is 0 Å². The molecule has 1 atom stereocenters. The lowest BCUT2D eigenvalue weighted by Gasteiger charge is -2.10. The maximum Gasteiger partial charge on any atom is 0.0516 e. The summed E-state index contributed by atoms with van der Waals surface area (Å²) in [4.78, 5) is 2.56. The van der Waals surface area contributed by atoms with Gasteiger partial charge >= 0.3 is 0 Å². The van der Waals surface area contributed by atoms with Crippen LogP contribution in [0.1, 0.15) is 15.8 Å². The van der Waals surface area contributed by atoms with Gasteiger partial charge in [0, 0.05) is 32.7 Å². The molecule has 2 heterocycles. The standard InChI is InChI=1S/C11H13BrN2S2/c12-8-4-9(16-7-8)5-14-6-10(13)11-2-1-3-15-11/h1-4,7,10,14H,5-6,13H2. The summed E-state index contributed by atoms with van der Waals surface area (Å²) in [5.41, 5.74) is 6.05. The van der Waals surface area contributed by atoms with E-state index < -0.39 is 0 Å². The molecule has 0 spiro atoms. The maximum atomic E-state index is 6.05. The van der Waals surface area contributed by atoms with Crippen molar-refractivity contribution in [2.45, 2.75) is 12.6 Å². The van der Waals surface area contributed by atoms with Gasteiger partial charge in [-0.3, -0.25) is 0 Å². The molecular formula is C11H13BrN2S2. The molecule has 2 aromatic heterocycles. The third kappa shape index (κ3) is 3.40. The lowest BCUT2D eigenvalue weighted by atomic mass is 10.2. The first-order chi connectivity index (χ1) is 7.75. The zero-order valence-corrected chi connectivity index (χ0v) is 11.9. The molecule has 0 fully saturated rings. The van der Waals surface area contributed by atoms with Gasteiger partial charge in [-0.15, -0.1) is 22.7 Å². The zero-order valence-electron chi connectivity index (χ0n) is 8.65. The Morgan fingerprint density at radius 1 is 1.44 bits per heavy atom. The molecule has 16 heavy (non-hydrogen) atoms. The Morgan fingerprint density at radius 2 is 2.31 bits per heavy atom. The van der Waals surface area contributed by atoms with Crippen LogP contribution in [0.4, 0.5) is 0 Å². The summed E-state index contributed by atoms with van der Waals surface area (Å²) in [7, 11) is 0. The Bertz CT molecular complexity index is 425. The number of halogens is 1. The summed E-state index contributed by atoms with van der Waals surface area (Å²) in [6.45, 7) is 1.70. The average Bonchev–Trinajstić information content (AvgIpc) is 2.89. The van der Waals surface area contributed by atoms with Crippen LogP contribution in [0.5, 0.6) is 0 Å². The first-order valence-corrected chi connectivity index (χ1v) is 7.53. The van der Waals surface area contributed by atoms with Gasteiger partial charge < -0.3 is 11.1 Å². The summed E-state index contributed by atoms with van der Waals surface area (Å²) in [5.74, 6) is 0. The van der Waals surface area contributed by atoms with Gasteiger partial charge in [0.15, 0.2) is 0 Å². The van der Waals surface area contributed by atoms with E-state index in [2.05, 4.69) is 44.1 Å². The number of rotatable bonds is 5. The largest absolute Gasteiger partial charge is 0.322 e. The van der Waals surface area contributed by atoms with E-state index in [1.807, 2.05) is 6.07 Å². The van der Waals surface area contributed by atoms with Crippen molar-refractivity contribution in [3.05, 3.63) is 43.2 Å². The minimum Gasteiger partial charge on any atom is -0.322 e. The minimum atomic E-state index is 0.100. The van der Waals surface area contributed by atoms with E-state index in [0.29, 0.717) is 0 Å². The topological polar surface area (TPSA) is 38.0 Å². The number of hydrogen-bond donors (Lipinski definition) is 2. The van der Waals surface area contributed by atoms with E-state index in [1.54, 1.807) is 22.7 Å². The van der Waals surface area contributed by atoms with Crippen LogP contribution in [0.15, 0.2) is 33.4 Å². The van der Waals surface area contributed by atoms with Crippen molar-refractivity contribution in [2.75, 3.05) is 6.54 Å². The summed E-state index contributed by atoms with van der Waals surface area (Å²) in [5, 5.41) is 7.53. The Morgan fingerprint density at radius 3 is 2.94 bits per heavy atom. The second-order valence-electron chi connectivity index (χ2n) is 3.48. The molecule has 0 saturated carbocycles. The first-order valence-electron chi connectivity index (χ1n) is 4.98. The highest BCUT2D eigenvalue weighted by Gasteiger charge is 2.06. The van der Waals surface area contributed by atoms with Gasteiger partial charge in [-0.1, -0.05) is 6.07 Å². The quantitative estimate of drug-likeness (QED) is 0.887. The van der Waals surface area contributed by atoms with Gasteiger partial charge in [0.2, 0.25) is 0 Å². The molecule has 2 rings (SSSR count). The van der Waals surface area contributed by atoms with Gasteiger partial charge in [0.25, 0.3) is 0 Å². The van der Waals surface area contributed by atoms with Crippen molar-refractivity contribution in [1.29, 1.82) is 0 Å². The fourth-order valence-corrected chi connectivity index (χ4v) is 3.55. The highest BCUT2D eigenvalue weighted by atomic mass is 79.9. The van der Waals surface area contributed by atoms with Crippen molar-refractivity contribution >= 4 is 38.6 Å². The summed E-state index contributed by atoms with van der Waals surface area (Å²) >= 11 is 6.91. The Kier molecular flexibility index (Phi) is 4.55. The summed E-state index contributed by atoms with van der Waals surface area (Å²) in [6, 6.07) is 6.35. The Labute approximate surface area is 112 Å². The third-order valence-electron chi connectivity index (χ3n) is 2.19. The molecular weight excluding hydrogens is 304 g/mol. The van der Waals surface area contributed by atoms with Gasteiger partial charge in [0.05, 0.1) is 6.04 Å². The van der Waals surface area contributed by atoms with E-state index in [0.717, 1.165) is 17.6 Å². The molecule has 0 aliphatic heterocycles. The molecule has 1 unspecified atom stereocenters. The fourth-order valence-electron chi connectivity index (χ4n) is 1.40. The lowest BCUT2D eigenvalue weighted by Crippen LogP contribution is -2.25. The number of nitrogens with two attached hydrogens (primary N) is 1. The monoisotopic (exact) mass is 316 g/mol. The van der Waals surface area contributed by atoms with E-state index in [4.69, 9.17) is 5.73 Å². The molecule has 86 valence electrons. The maximum absolute atomic E-state index is 6.05. The molecule has 0 bridgehead atoms. The van der Waals surface area contributed by atoms with Crippen LogP contribution in [0.3, 0.4) is 0 Å². The van der Waals surface area contributed by atoms with E-state index in [9.17, 15) is 0 Å². The third-order valence-corrected chi connectivity index (χ3v) is 4.90. The van der Waals surface area contributed by atoms with Gasteiger partial charge in [-0.05, 0) is 33.4 Å². The SMILES string of the molecule is NC(CNCc1cc(Br)cs1)c1cccs1. The fraction of sp³-hybridized carbons (Fsp3) is 0.273. The molecule has 0 radical (unpaired) electrons. The Balaban J connectivity index is 1.76. The summed E-state index contributed by atoms with van der Waals surface area (Å²) in [6.07, 6.45) is 0. The minimum absolute atomic E-state index is 0.100. The second kappa shape index (κ2) is 5.93. The molecule has 0 aromatic carbocycles. The number of hydrogen-bond acceptors (Lipinski definition) is 4. The van der Waals surface area contributed by atoms with Crippen LogP contribution < -0.4 is 11.1 Å². The molecule has 0 aliphatic rings. The number of nitrogens with one attached hydrogen (secondary N) is 1. The highest BCUT2D eigenvalue weighted by Crippen LogP contribution is 2.20. The summed E-state index contributed by atoms with van der Waals surface area (Å²) < 4.78 is 1.15. The molecule has 0 amide bonds. The van der Waals surface area contributed by atoms with Crippen LogP contribution in [-0.2, 0) is 6.54 Å². The van der Waals surface area contributed by atoms with Crippen LogP contribution in [0.2, 0.25) is 0 Å². The lowest BCUT2D eigenvalue weighted by molar-refractivity contribution is 0.608. The van der Waals surface area contributed by atoms with Crippen molar-refractivity contribution in [2.24, 2.45) is 5.73 Å². The predicted octanol–water partition coefficient (Wildman–Crippen LogP) is 3.36. The molecule has 0 saturated heterocycles. The van der Waals surface area contributed by atoms with E-state index in [-0.39, 0.29) is 6.04 Å². The van der Waals surface area contributed by atoms with Gasteiger partial charge in [-0.2, -0.15) is 0 Å². The van der Waals surface area contributed by atoms with Crippen molar-refractivity contribution < 1.29 is 0 Å². The van der Waals surface area contributed by atoms with Gasteiger partial charge in [0.1, 0.15) is 0 Å².